The van der Waals surface area contributed by atoms with E-state index in [1.54, 1.807) is 0 Å². The molecule has 4 saturated heterocycles. The first-order chi connectivity index (χ1) is 42.6. The molecule has 5 aliphatic rings. The van der Waals surface area contributed by atoms with Crippen LogP contribution in [0.5, 0.6) is 0 Å². The SMILES string of the molecule is CC(=O)N[C@H]1[C@H](O[C@@H]2C=CO[C@H](COC(C)=O)[C@@H]2OC(C)=O)O[C@H](COC(C)=O)[C@@H](O[C@@H]2O[C@H](COC(C)=O)[C@H](OC(C)=O)[C@H](OC(C)=O)[C@H]2O[C@@H]2O[C@@H](C)[C@@H](OC(C)=O)[C@@H](OC(C)=O)[C@@H]2OC(C)=O)[C@@H]1O[C@@H]1O[C@H](C)[C@@H](OC(C)=O)[C@@H](OC(C)=O)[C@@H]1OC(C)=O. The standard InChI is InChI=1S/C56H77NO34/c1-21-41(77-27(7)62)47(81-31(11)66)50(84-34(14)69)54(75-21)90-46-40(57-23(3)58)53(86-36-16-17-71-37(18-72-24(4)59)43(36)79-29(9)64)87-38(19-73-25(5)60)44(46)89-56-52(49(83-33(13)68)45(80-30(10)65)39(88-56)20-74-26(6)61)91-55-51(85-35(15)70)48(82-32(12)67)42(22(2)76-55)78-28(8)63/h16-17,21-22,36-56H,18-20H2,1-15H3,(H,57,58)/t21-,22+,36-,37-,38-,39-,40-,41-,42-,43-,44-,45+,46-,47-,48-,49+,50+,51+,52-,53-,54+,55+,56+/m1/s1. The lowest BCUT2D eigenvalue weighted by molar-refractivity contribution is -0.394. The van der Waals surface area contributed by atoms with Gasteiger partial charge in [-0.05, 0) is 19.9 Å². The van der Waals surface area contributed by atoms with Gasteiger partial charge in [-0.15, -0.1) is 0 Å². The molecule has 0 radical (unpaired) electrons. The largest absolute Gasteiger partial charge is 0.491 e. The van der Waals surface area contributed by atoms with E-state index < -0.39 is 238 Å². The minimum Gasteiger partial charge on any atom is -0.491 e. The molecule has 510 valence electrons. The van der Waals surface area contributed by atoms with Crippen LogP contribution in [0.4, 0.5) is 0 Å². The van der Waals surface area contributed by atoms with Crippen molar-refractivity contribution in [3.8, 4) is 0 Å². The van der Waals surface area contributed by atoms with Crippen LogP contribution in [0.2, 0.25) is 0 Å². The van der Waals surface area contributed by atoms with Crippen molar-refractivity contribution in [3.05, 3.63) is 12.3 Å². The Morgan fingerprint density at radius 1 is 0.319 bits per heavy atom. The van der Waals surface area contributed by atoms with Gasteiger partial charge in [0, 0.05) is 90.0 Å². The topological polar surface area (TPSA) is 428 Å². The first-order valence-electron chi connectivity index (χ1n) is 28.4. The summed E-state index contributed by atoms with van der Waals surface area (Å²) in [5.74, 6) is -12.4. The minimum atomic E-state index is -2.26. The molecule has 0 saturated carbocycles. The van der Waals surface area contributed by atoms with E-state index in [-0.39, 0.29) is 0 Å². The highest BCUT2D eigenvalue weighted by molar-refractivity contribution is 5.74. The van der Waals surface area contributed by atoms with Crippen molar-refractivity contribution in [1.29, 1.82) is 0 Å². The van der Waals surface area contributed by atoms with Gasteiger partial charge in [-0.2, -0.15) is 0 Å². The fourth-order valence-electron chi connectivity index (χ4n) is 10.4. The van der Waals surface area contributed by atoms with Crippen LogP contribution >= 0.6 is 0 Å². The zero-order chi connectivity index (χ0) is 67.9. The monoisotopic (exact) mass is 1310 g/mol. The fourth-order valence-corrected chi connectivity index (χ4v) is 10.4. The van der Waals surface area contributed by atoms with E-state index in [2.05, 4.69) is 5.32 Å². The van der Waals surface area contributed by atoms with Gasteiger partial charge in [0.25, 0.3) is 0 Å². The van der Waals surface area contributed by atoms with Crippen LogP contribution in [0.25, 0.3) is 0 Å². The summed E-state index contributed by atoms with van der Waals surface area (Å²) in [5.41, 5.74) is 0. The molecule has 5 heterocycles. The first-order valence-corrected chi connectivity index (χ1v) is 28.4. The molecular weight excluding hydrogens is 1230 g/mol. The minimum absolute atomic E-state index is 0.513. The summed E-state index contributed by atoms with van der Waals surface area (Å²) in [7, 11) is 0. The van der Waals surface area contributed by atoms with Crippen LogP contribution in [0.1, 0.15) is 104 Å². The van der Waals surface area contributed by atoms with Crippen molar-refractivity contribution in [2.75, 3.05) is 19.8 Å². The molecule has 0 aromatic rings. The second kappa shape index (κ2) is 33.6. The number of hydrogen-bond donors (Lipinski definition) is 1. The van der Waals surface area contributed by atoms with Crippen molar-refractivity contribution in [3.63, 3.8) is 0 Å². The molecule has 1 N–H and O–H groups in total. The third kappa shape index (κ3) is 21.5. The van der Waals surface area contributed by atoms with E-state index in [1.807, 2.05) is 0 Å². The Bertz CT molecular complexity index is 2680. The van der Waals surface area contributed by atoms with E-state index in [0.717, 1.165) is 96.3 Å². The number of carbonyl (C=O) groups excluding carboxylic acids is 13. The van der Waals surface area contributed by atoms with Gasteiger partial charge in [0.2, 0.25) is 5.91 Å². The molecule has 91 heavy (non-hydrogen) atoms. The van der Waals surface area contributed by atoms with Crippen LogP contribution in [-0.2, 0) is 162 Å². The maximum atomic E-state index is 13.8. The number of carbonyl (C=O) groups is 13. The summed E-state index contributed by atoms with van der Waals surface area (Å²) in [5, 5.41) is 2.66. The summed E-state index contributed by atoms with van der Waals surface area (Å²) >= 11 is 0. The highest BCUT2D eigenvalue weighted by Gasteiger charge is 2.61. The number of hydrogen-bond acceptors (Lipinski definition) is 34. The highest BCUT2D eigenvalue weighted by atomic mass is 16.8. The summed E-state index contributed by atoms with van der Waals surface area (Å²) in [6.07, 6.45) is -37.0. The predicted octanol–water partition coefficient (Wildman–Crippen LogP) is -1.04. The Morgan fingerprint density at radius 2 is 0.637 bits per heavy atom. The average molecular weight is 1310 g/mol. The number of nitrogens with one attached hydrogen (secondary N) is 1. The molecule has 0 aliphatic carbocycles. The third-order valence-electron chi connectivity index (χ3n) is 13.5. The van der Waals surface area contributed by atoms with Gasteiger partial charge in [0.05, 0.1) is 18.5 Å². The summed E-state index contributed by atoms with van der Waals surface area (Å²) in [6, 6.07) is -1.86. The van der Waals surface area contributed by atoms with Crippen LogP contribution in [-0.4, -0.2) is 238 Å². The van der Waals surface area contributed by atoms with E-state index in [1.165, 1.54) is 19.9 Å². The zero-order valence-corrected chi connectivity index (χ0v) is 52.4. The Kier molecular flexibility index (Phi) is 27.3. The Labute approximate surface area is 520 Å². The molecule has 1 amide bonds. The summed E-state index contributed by atoms with van der Waals surface area (Å²) in [6.45, 7) is 13.5. The third-order valence-corrected chi connectivity index (χ3v) is 13.5. The van der Waals surface area contributed by atoms with Gasteiger partial charge < -0.3 is 105 Å². The molecule has 0 aromatic heterocycles. The molecule has 5 aliphatic heterocycles. The number of amides is 1. The maximum Gasteiger partial charge on any atom is 0.303 e. The summed E-state index contributed by atoms with van der Waals surface area (Å²) < 4.78 is 125. The van der Waals surface area contributed by atoms with E-state index >= 15 is 0 Å². The van der Waals surface area contributed by atoms with Gasteiger partial charge in [0.15, 0.2) is 92.3 Å². The van der Waals surface area contributed by atoms with E-state index in [9.17, 15) is 62.3 Å². The quantitative estimate of drug-likeness (QED) is 0.0890. The van der Waals surface area contributed by atoms with Gasteiger partial charge in [-0.3, -0.25) is 62.3 Å². The maximum absolute atomic E-state index is 13.8. The molecule has 4 fully saturated rings. The second-order valence-corrected chi connectivity index (χ2v) is 21.2. The van der Waals surface area contributed by atoms with E-state index in [0.29, 0.717) is 0 Å². The average Bonchev–Trinajstić information content (AvgIpc) is 1.07. The Balaban J connectivity index is 1.86. The van der Waals surface area contributed by atoms with Gasteiger partial charge in [-0.1, -0.05) is 0 Å². The molecule has 0 bridgehead atoms. The molecule has 23 atom stereocenters. The second-order valence-electron chi connectivity index (χ2n) is 21.2. The Hall–Kier alpha value is -7.67. The lowest BCUT2D eigenvalue weighted by Crippen LogP contribution is -2.71. The summed E-state index contributed by atoms with van der Waals surface area (Å²) in [4.78, 5) is 168. The van der Waals surface area contributed by atoms with Crippen LogP contribution < -0.4 is 5.32 Å². The molecule has 35 nitrogen and oxygen atoms in total. The first kappa shape index (κ1) is 74.1. The van der Waals surface area contributed by atoms with E-state index in [4.69, 9.17) is 99.5 Å². The normalized spacial score (nSPS) is 34.3. The van der Waals surface area contributed by atoms with Crippen molar-refractivity contribution < 1.29 is 162 Å². The van der Waals surface area contributed by atoms with Crippen molar-refractivity contribution in [2.45, 2.75) is 245 Å². The Morgan fingerprint density at radius 3 is 1.04 bits per heavy atom. The highest BCUT2D eigenvalue weighted by Crippen LogP contribution is 2.40. The molecule has 0 unspecified atom stereocenters. The van der Waals surface area contributed by atoms with Crippen LogP contribution in [0.15, 0.2) is 12.3 Å². The molecular formula is C56H77NO34. The lowest BCUT2D eigenvalue weighted by atomic mass is 9.93. The molecule has 0 spiro atoms. The molecule has 35 heteroatoms. The smallest absolute Gasteiger partial charge is 0.303 e. The van der Waals surface area contributed by atoms with Crippen molar-refractivity contribution in [2.24, 2.45) is 0 Å². The van der Waals surface area contributed by atoms with Gasteiger partial charge >= 0.3 is 71.6 Å². The van der Waals surface area contributed by atoms with Crippen LogP contribution in [0.3, 0.4) is 0 Å². The van der Waals surface area contributed by atoms with Crippen LogP contribution in [0, 0.1) is 0 Å². The lowest BCUT2D eigenvalue weighted by Gasteiger charge is -2.52. The number of ether oxygens (including phenoxy) is 21. The fraction of sp³-hybridized carbons (Fsp3) is 0.732. The molecule has 0 aromatic carbocycles. The van der Waals surface area contributed by atoms with Crippen molar-refractivity contribution >= 4 is 77.5 Å². The zero-order valence-electron chi connectivity index (χ0n) is 52.4. The number of rotatable bonds is 24. The van der Waals surface area contributed by atoms with Gasteiger partial charge in [-0.25, -0.2) is 0 Å². The molecule has 5 rings (SSSR count). The van der Waals surface area contributed by atoms with Crippen molar-refractivity contribution in [1.82, 2.24) is 5.32 Å². The van der Waals surface area contributed by atoms with Gasteiger partial charge in [0.1, 0.15) is 56.4 Å². The number of esters is 12. The predicted molar refractivity (Wildman–Crippen MR) is 287 cm³/mol.